The Balaban J connectivity index is 1.45. The van der Waals surface area contributed by atoms with Crippen molar-refractivity contribution in [2.75, 3.05) is 6.54 Å². The summed E-state index contributed by atoms with van der Waals surface area (Å²) in [6, 6.07) is 15.5. The summed E-state index contributed by atoms with van der Waals surface area (Å²) in [4.78, 5) is 16.7. The van der Waals surface area contributed by atoms with Crippen LogP contribution in [0.1, 0.15) is 21.5 Å². The minimum atomic E-state index is -0.363. The molecule has 0 saturated carbocycles. The molecule has 4 rings (SSSR count). The lowest BCUT2D eigenvalue weighted by Crippen LogP contribution is -2.34. The fraction of sp³-hybridized carbons (Fsp3) is 0.182. The predicted molar refractivity (Wildman–Crippen MR) is 101 cm³/mol. The Kier molecular flexibility index (Phi) is 4.59. The van der Waals surface area contributed by atoms with E-state index in [9.17, 15) is 9.18 Å². The third kappa shape index (κ3) is 3.67. The molecule has 0 fully saturated rings. The number of halogens is 1. The molecular formula is C22H19FN2O2. The molecule has 136 valence electrons. The number of rotatable bonds is 4. The van der Waals surface area contributed by atoms with Crippen LogP contribution >= 0.6 is 0 Å². The zero-order chi connectivity index (χ0) is 18.8. The number of amides is 1. The van der Waals surface area contributed by atoms with Gasteiger partial charge in [0, 0.05) is 23.7 Å². The summed E-state index contributed by atoms with van der Waals surface area (Å²) in [6.07, 6.45) is 2.42. The van der Waals surface area contributed by atoms with Crippen LogP contribution in [0.25, 0.3) is 11.3 Å². The third-order valence-corrected chi connectivity index (χ3v) is 4.61. The van der Waals surface area contributed by atoms with E-state index in [1.807, 2.05) is 43.5 Å². The van der Waals surface area contributed by atoms with Crippen LogP contribution in [0.3, 0.4) is 0 Å². The number of ether oxygens (including phenoxy) is 1. The number of benzene rings is 2. The van der Waals surface area contributed by atoms with Crippen molar-refractivity contribution in [2.45, 2.75) is 19.4 Å². The molecule has 0 aliphatic carbocycles. The standard InChI is InChI=1S/C22H19FN2O2/c1-14-5-10-20(24-12-14)19-4-2-3-16-11-18(27-21(16)19)13-25-22(26)15-6-8-17(23)9-7-15/h2-10,12,18H,11,13H2,1H3,(H,25,26)/t18-/m0/s1. The number of carbonyl (C=O) groups excluding carboxylic acids is 1. The van der Waals surface area contributed by atoms with Crippen molar-refractivity contribution in [2.24, 2.45) is 0 Å². The fourth-order valence-electron chi connectivity index (χ4n) is 3.19. The highest BCUT2D eigenvalue weighted by Gasteiger charge is 2.26. The average Bonchev–Trinajstić information content (AvgIpc) is 3.10. The minimum Gasteiger partial charge on any atom is -0.487 e. The summed E-state index contributed by atoms with van der Waals surface area (Å²) >= 11 is 0. The molecule has 0 bridgehead atoms. The van der Waals surface area contributed by atoms with Crippen LogP contribution < -0.4 is 10.1 Å². The van der Waals surface area contributed by atoms with Crippen LogP contribution in [0.4, 0.5) is 4.39 Å². The van der Waals surface area contributed by atoms with Gasteiger partial charge in [0.2, 0.25) is 0 Å². The van der Waals surface area contributed by atoms with Crippen molar-refractivity contribution in [1.29, 1.82) is 0 Å². The van der Waals surface area contributed by atoms with Gasteiger partial charge in [0.15, 0.2) is 0 Å². The molecule has 1 aliphatic heterocycles. The van der Waals surface area contributed by atoms with Crippen LogP contribution in [0, 0.1) is 12.7 Å². The normalized spacial score (nSPS) is 15.1. The summed E-state index contributed by atoms with van der Waals surface area (Å²) in [5.41, 5.74) is 4.47. The van der Waals surface area contributed by atoms with Crippen molar-refractivity contribution in [3.63, 3.8) is 0 Å². The Morgan fingerprint density at radius 3 is 2.74 bits per heavy atom. The highest BCUT2D eigenvalue weighted by atomic mass is 19.1. The zero-order valence-corrected chi connectivity index (χ0v) is 14.9. The van der Waals surface area contributed by atoms with E-state index in [4.69, 9.17) is 4.74 Å². The second-order valence-corrected chi connectivity index (χ2v) is 6.68. The molecule has 2 heterocycles. The predicted octanol–water partition coefficient (Wildman–Crippen LogP) is 3.93. The first-order valence-electron chi connectivity index (χ1n) is 8.85. The van der Waals surface area contributed by atoms with E-state index >= 15 is 0 Å². The first-order valence-corrected chi connectivity index (χ1v) is 8.85. The number of fused-ring (bicyclic) bond motifs is 1. The van der Waals surface area contributed by atoms with E-state index < -0.39 is 0 Å². The van der Waals surface area contributed by atoms with E-state index in [1.54, 1.807) is 0 Å². The lowest BCUT2D eigenvalue weighted by molar-refractivity contribution is 0.0933. The number of aromatic nitrogens is 1. The lowest BCUT2D eigenvalue weighted by Gasteiger charge is -2.13. The molecule has 1 N–H and O–H groups in total. The van der Waals surface area contributed by atoms with E-state index in [0.29, 0.717) is 12.1 Å². The maximum absolute atomic E-state index is 13.0. The summed E-state index contributed by atoms with van der Waals surface area (Å²) < 4.78 is 19.1. The molecule has 27 heavy (non-hydrogen) atoms. The first-order chi connectivity index (χ1) is 13.1. The number of carbonyl (C=O) groups is 1. The monoisotopic (exact) mass is 362 g/mol. The number of hydrogen-bond donors (Lipinski definition) is 1. The van der Waals surface area contributed by atoms with Gasteiger partial charge in [0.25, 0.3) is 5.91 Å². The van der Waals surface area contributed by atoms with E-state index in [2.05, 4.69) is 10.3 Å². The van der Waals surface area contributed by atoms with E-state index in [-0.39, 0.29) is 17.8 Å². The van der Waals surface area contributed by atoms with Gasteiger partial charge in [-0.25, -0.2) is 4.39 Å². The van der Waals surface area contributed by atoms with Crippen molar-refractivity contribution in [1.82, 2.24) is 10.3 Å². The van der Waals surface area contributed by atoms with Crippen molar-refractivity contribution >= 4 is 5.91 Å². The van der Waals surface area contributed by atoms with Crippen molar-refractivity contribution < 1.29 is 13.9 Å². The van der Waals surface area contributed by atoms with Gasteiger partial charge in [0.1, 0.15) is 17.7 Å². The highest BCUT2D eigenvalue weighted by Crippen LogP contribution is 2.37. The molecule has 0 spiro atoms. The third-order valence-electron chi connectivity index (χ3n) is 4.61. The van der Waals surface area contributed by atoms with Crippen LogP contribution in [0.5, 0.6) is 5.75 Å². The summed E-state index contributed by atoms with van der Waals surface area (Å²) in [5, 5.41) is 2.86. The van der Waals surface area contributed by atoms with Crippen molar-refractivity contribution in [3.05, 3.63) is 83.3 Å². The molecule has 0 radical (unpaired) electrons. The first kappa shape index (κ1) is 17.2. The van der Waals surface area contributed by atoms with Crippen LogP contribution in [-0.4, -0.2) is 23.5 Å². The number of para-hydroxylation sites is 1. The van der Waals surface area contributed by atoms with Crippen LogP contribution in [0.15, 0.2) is 60.8 Å². The van der Waals surface area contributed by atoms with Gasteiger partial charge < -0.3 is 10.1 Å². The smallest absolute Gasteiger partial charge is 0.251 e. The van der Waals surface area contributed by atoms with Gasteiger partial charge >= 0.3 is 0 Å². The molecule has 1 aromatic heterocycles. The minimum absolute atomic E-state index is 0.143. The SMILES string of the molecule is Cc1ccc(-c2cccc3c2O[C@H](CNC(=O)c2ccc(F)cc2)C3)nc1. The molecule has 1 atom stereocenters. The molecule has 4 nitrogen and oxygen atoms in total. The van der Waals surface area contributed by atoms with E-state index in [1.165, 1.54) is 24.3 Å². The summed E-state index contributed by atoms with van der Waals surface area (Å²) in [7, 11) is 0. The van der Waals surface area contributed by atoms with Crippen LogP contribution in [0.2, 0.25) is 0 Å². The van der Waals surface area contributed by atoms with Gasteiger partial charge in [-0.05, 0) is 54.4 Å². The second kappa shape index (κ2) is 7.19. The lowest BCUT2D eigenvalue weighted by atomic mass is 10.0. The molecule has 1 aliphatic rings. The Morgan fingerprint density at radius 1 is 1.19 bits per heavy atom. The molecule has 0 saturated heterocycles. The second-order valence-electron chi connectivity index (χ2n) is 6.68. The molecular weight excluding hydrogens is 343 g/mol. The number of nitrogens with zero attached hydrogens (tertiary/aromatic N) is 1. The maximum Gasteiger partial charge on any atom is 0.251 e. The van der Waals surface area contributed by atoms with Gasteiger partial charge in [-0.3, -0.25) is 9.78 Å². The fourth-order valence-corrected chi connectivity index (χ4v) is 3.19. The number of aryl methyl sites for hydroxylation is 1. The van der Waals surface area contributed by atoms with Gasteiger partial charge in [-0.1, -0.05) is 18.2 Å². The van der Waals surface area contributed by atoms with Crippen LogP contribution in [-0.2, 0) is 6.42 Å². The largest absolute Gasteiger partial charge is 0.487 e. The number of hydrogen-bond acceptors (Lipinski definition) is 3. The van der Waals surface area contributed by atoms with E-state index in [0.717, 1.165) is 34.6 Å². The number of pyridine rings is 1. The Hall–Kier alpha value is -3.21. The summed E-state index contributed by atoms with van der Waals surface area (Å²) in [6.45, 7) is 2.38. The topological polar surface area (TPSA) is 51.2 Å². The molecule has 2 aromatic carbocycles. The average molecular weight is 362 g/mol. The Morgan fingerprint density at radius 2 is 2.00 bits per heavy atom. The van der Waals surface area contributed by atoms with Crippen molar-refractivity contribution in [3.8, 4) is 17.0 Å². The molecule has 0 unspecified atom stereocenters. The highest BCUT2D eigenvalue weighted by molar-refractivity contribution is 5.94. The molecule has 5 heteroatoms. The van der Waals surface area contributed by atoms with Gasteiger partial charge in [-0.15, -0.1) is 0 Å². The Bertz CT molecular complexity index is 969. The van der Waals surface area contributed by atoms with Gasteiger partial charge in [-0.2, -0.15) is 0 Å². The van der Waals surface area contributed by atoms with Gasteiger partial charge in [0.05, 0.1) is 12.2 Å². The molecule has 3 aromatic rings. The summed E-state index contributed by atoms with van der Waals surface area (Å²) in [5.74, 6) is 0.225. The maximum atomic E-state index is 13.0. The zero-order valence-electron chi connectivity index (χ0n) is 14.9. The number of nitrogens with one attached hydrogen (secondary N) is 1. The Labute approximate surface area is 157 Å². The quantitative estimate of drug-likeness (QED) is 0.765. The molecule has 1 amide bonds.